The van der Waals surface area contributed by atoms with Crippen molar-refractivity contribution >= 4 is 34.3 Å². The van der Waals surface area contributed by atoms with Crippen LogP contribution in [0.5, 0.6) is 11.5 Å². The van der Waals surface area contributed by atoms with Gasteiger partial charge in [0.15, 0.2) is 0 Å². The summed E-state index contributed by atoms with van der Waals surface area (Å²) >= 11 is 0. The molecular formula is C22H22N4O6. The largest absolute Gasteiger partial charge is 0.617 e. The number of likely N-dealkylation sites (tertiary alicyclic amines) is 2. The lowest BCUT2D eigenvalue weighted by atomic mass is 10.2. The zero-order valence-corrected chi connectivity index (χ0v) is 17.4. The molecule has 0 aliphatic carbocycles. The van der Waals surface area contributed by atoms with Crippen LogP contribution in [0, 0.1) is 10.4 Å². The second kappa shape index (κ2) is 8.03. The summed E-state index contributed by atoms with van der Waals surface area (Å²) in [5, 5.41) is 26.5. The molecule has 0 saturated carbocycles. The Morgan fingerprint density at radius 2 is 1.06 bits per heavy atom. The molecular weight excluding hydrogens is 416 g/mol. The maximum atomic E-state index is 13.3. The highest BCUT2D eigenvalue weighted by Gasteiger charge is 2.31. The van der Waals surface area contributed by atoms with E-state index in [0.29, 0.717) is 35.6 Å². The van der Waals surface area contributed by atoms with Gasteiger partial charge in [-0.1, -0.05) is 12.1 Å². The summed E-state index contributed by atoms with van der Waals surface area (Å²) in [6.45, 7) is 2.38. The van der Waals surface area contributed by atoms with Gasteiger partial charge in [-0.2, -0.15) is 9.46 Å². The number of carbonyl (C=O) groups excluding carboxylic acids is 2. The molecule has 0 spiro atoms. The van der Waals surface area contributed by atoms with Gasteiger partial charge in [-0.25, -0.2) is 9.59 Å². The summed E-state index contributed by atoms with van der Waals surface area (Å²) in [5.74, 6) is 0.000675. The van der Waals surface area contributed by atoms with Crippen molar-refractivity contribution in [2.75, 3.05) is 26.2 Å². The van der Waals surface area contributed by atoms with Gasteiger partial charge >= 0.3 is 23.2 Å². The van der Waals surface area contributed by atoms with Crippen molar-refractivity contribution in [3.8, 4) is 11.5 Å². The Hall–Kier alpha value is -3.82. The fraction of sp³-hybridized carbons (Fsp3) is 0.364. The van der Waals surface area contributed by atoms with Crippen LogP contribution < -0.4 is 18.9 Å². The molecule has 10 heteroatoms. The molecule has 0 N–H and O–H groups in total. The number of para-hydroxylation sites is 2. The fourth-order valence-electron chi connectivity index (χ4n) is 4.28. The van der Waals surface area contributed by atoms with Crippen LogP contribution in [0.3, 0.4) is 0 Å². The van der Waals surface area contributed by atoms with Crippen LogP contribution in [-0.4, -0.2) is 48.2 Å². The standard InChI is InChI=1S/C22H22N4O6/c27-21(23-11-1-2-12-23)31-17-9-5-7-15-19(17)25(29)16-8-6-10-18(20(16)26(15)30)32-22(28)24-13-3-4-14-24/h5-10H,1-4,11-14H2. The normalized spacial score (nSPS) is 16.1. The van der Waals surface area contributed by atoms with Gasteiger partial charge in [-0.05, 0) is 37.8 Å². The fourth-order valence-corrected chi connectivity index (χ4v) is 4.28. The molecule has 166 valence electrons. The van der Waals surface area contributed by atoms with Crippen LogP contribution in [0.1, 0.15) is 25.7 Å². The van der Waals surface area contributed by atoms with Crippen molar-refractivity contribution in [1.82, 2.24) is 9.80 Å². The van der Waals surface area contributed by atoms with Crippen LogP contribution in [0.4, 0.5) is 9.59 Å². The van der Waals surface area contributed by atoms with E-state index in [4.69, 9.17) is 9.47 Å². The van der Waals surface area contributed by atoms with Crippen molar-refractivity contribution in [2.24, 2.45) is 0 Å². The van der Waals surface area contributed by atoms with Crippen LogP contribution in [0.25, 0.3) is 22.1 Å². The van der Waals surface area contributed by atoms with Gasteiger partial charge < -0.3 is 29.7 Å². The van der Waals surface area contributed by atoms with E-state index < -0.39 is 12.2 Å². The number of hydrogen-bond acceptors (Lipinski definition) is 6. The van der Waals surface area contributed by atoms with Gasteiger partial charge in [0.1, 0.15) is 0 Å². The Bertz CT molecular complexity index is 1120. The SMILES string of the molecule is O=C(Oc1cccc2c1[n+]([O-])c1cccc(OC(=O)N3CCCC3)c1[n+]2[O-])N1CCCC1. The highest BCUT2D eigenvalue weighted by Crippen LogP contribution is 2.28. The molecule has 2 amide bonds. The molecule has 2 aliphatic heterocycles. The summed E-state index contributed by atoms with van der Waals surface area (Å²) in [7, 11) is 0. The van der Waals surface area contributed by atoms with E-state index in [2.05, 4.69) is 0 Å². The quantitative estimate of drug-likeness (QED) is 0.345. The molecule has 1 aromatic heterocycles. The van der Waals surface area contributed by atoms with Crippen molar-refractivity contribution < 1.29 is 28.5 Å². The molecule has 0 radical (unpaired) electrons. The number of hydrogen-bond donors (Lipinski definition) is 0. The lowest BCUT2D eigenvalue weighted by molar-refractivity contribution is -0.591. The van der Waals surface area contributed by atoms with Crippen LogP contribution in [-0.2, 0) is 0 Å². The van der Waals surface area contributed by atoms with E-state index in [1.54, 1.807) is 9.80 Å². The Kier molecular flexibility index (Phi) is 5.04. The molecule has 2 fully saturated rings. The second-order valence-corrected chi connectivity index (χ2v) is 7.96. The minimum Gasteiger partial charge on any atom is -0.617 e. The second-order valence-electron chi connectivity index (χ2n) is 7.96. The molecule has 5 rings (SSSR count). The van der Waals surface area contributed by atoms with Crippen LogP contribution in [0.15, 0.2) is 36.4 Å². The predicted octanol–water partition coefficient (Wildman–Crippen LogP) is 2.45. The average molecular weight is 438 g/mol. The summed E-state index contributed by atoms with van der Waals surface area (Å²) in [6, 6.07) is 8.95. The number of fused-ring (bicyclic) bond motifs is 2. The van der Waals surface area contributed by atoms with E-state index in [-0.39, 0.29) is 33.6 Å². The van der Waals surface area contributed by atoms with E-state index in [9.17, 15) is 20.0 Å². The zero-order chi connectivity index (χ0) is 22.2. The van der Waals surface area contributed by atoms with Gasteiger partial charge in [-0.15, -0.1) is 0 Å². The number of carbonyl (C=O) groups is 2. The van der Waals surface area contributed by atoms with Crippen LogP contribution >= 0.6 is 0 Å². The van der Waals surface area contributed by atoms with Crippen LogP contribution in [0.2, 0.25) is 0 Å². The topological polar surface area (TPSA) is 113 Å². The van der Waals surface area contributed by atoms with Crippen molar-refractivity contribution in [1.29, 1.82) is 0 Å². The highest BCUT2D eigenvalue weighted by molar-refractivity contribution is 5.86. The van der Waals surface area contributed by atoms with Crippen molar-refractivity contribution in [3.05, 3.63) is 46.8 Å². The first-order chi connectivity index (χ1) is 15.5. The predicted molar refractivity (Wildman–Crippen MR) is 113 cm³/mol. The number of ether oxygens (including phenoxy) is 2. The van der Waals surface area contributed by atoms with Gasteiger partial charge in [-0.3, -0.25) is 0 Å². The maximum absolute atomic E-state index is 13.3. The summed E-state index contributed by atoms with van der Waals surface area (Å²) in [5.41, 5.74) is -0.121. The average Bonchev–Trinajstić information content (AvgIpc) is 3.52. The molecule has 0 bridgehead atoms. The molecule has 0 atom stereocenters. The first-order valence-electron chi connectivity index (χ1n) is 10.7. The third-order valence-corrected chi connectivity index (χ3v) is 5.92. The van der Waals surface area contributed by atoms with Gasteiger partial charge in [0.05, 0.1) is 0 Å². The van der Waals surface area contributed by atoms with E-state index in [1.165, 1.54) is 36.4 Å². The first kappa shape index (κ1) is 20.1. The minimum atomic E-state index is -0.555. The van der Waals surface area contributed by atoms with Gasteiger partial charge in [0, 0.05) is 38.3 Å². The number of amides is 2. The van der Waals surface area contributed by atoms with E-state index in [1.807, 2.05) is 0 Å². The molecule has 3 heterocycles. The molecule has 3 aromatic rings. The smallest absolute Gasteiger partial charge is 0.415 e. The van der Waals surface area contributed by atoms with Crippen molar-refractivity contribution in [3.63, 3.8) is 0 Å². The Morgan fingerprint density at radius 1 is 0.688 bits per heavy atom. The Morgan fingerprint density at radius 3 is 1.44 bits per heavy atom. The molecule has 0 unspecified atom stereocenters. The Balaban J connectivity index is 1.59. The summed E-state index contributed by atoms with van der Waals surface area (Å²) in [6.07, 6.45) is 2.49. The lowest BCUT2D eigenvalue weighted by Crippen LogP contribution is -2.41. The van der Waals surface area contributed by atoms with Gasteiger partial charge in [0.2, 0.25) is 11.5 Å². The third kappa shape index (κ3) is 3.37. The molecule has 32 heavy (non-hydrogen) atoms. The number of nitrogens with zero attached hydrogens (tertiary/aromatic N) is 4. The zero-order valence-electron chi connectivity index (χ0n) is 17.4. The Labute approximate surface area is 183 Å². The van der Waals surface area contributed by atoms with E-state index in [0.717, 1.165) is 25.7 Å². The van der Waals surface area contributed by atoms with Crippen molar-refractivity contribution in [2.45, 2.75) is 25.7 Å². The molecule has 10 nitrogen and oxygen atoms in total. The maximum Gasteiger partial charge on any atom is 0.415 e. The monoisotopic (exact) mass is 438 g/mol. The minimum absolute atomic E-state index is 0.000338. The number of benzene rings is 2. The summed E-state index contributed by atoms with van der Waals surface area (Å²) in [4.78, 5) is 28.1. The lowest BCUT2D eigenvalue weighted by Gasteiger charge is -2.17. The summed E-state index contributed by atoms with van der Waals surface area (Å²) < 4.78 is 12.0. The van der Waals surface area contributed by atoms with E-state index >= 15 is 0 Å². The number of aromatic nitrogens is 2. The third-order valence-electron chi connectivity index (χ3n) is 5.92. The molecule has 2 aliphatic rings. The molecule has 2 aromatic carbocycles. The van der Waals surface area contributed by atoms with Gasteiger partial charge in [0.25, 0.3) is 11.0 Å². The molecule has 2 saturated heterocycles. The highest BCUT2D eigenvalue weighted by atomic mass is 16.6. The number of rotatable bonds is 2. The first-order valence-corrected chi connectivity index (χ1v) is 10.7.